The summed E-state index contributed by atoms with van der Waals surface area (Å²) in [6, 6.07) is 3.61. The second kappa shape index (κ2) is 5.53. The Labute approximate surface area is 118 Å². The first-order chi connectivity index (χ1) is 9.53. The lowest BCUT2D eigenvalue weighted by molar-refractivity contribution is -0.624. The maximum absolute atomic E-state index is 12.3. The second-order valence-corrected chi connectivity index (χ2v) is 4.88. The van der Waals surface area contributed by atoms with Gasteiger partial charge in [-0.3, -0.25) is 0 Å². The molecule has 20 heavy (non-hydrogen) atoms. The molecule has 0 saturated carbocycles. The monoisotopic (exact) mass is 276 g/mol. The molecule has 0 N–H and O–H groups in total. The van der Waals surface area contributed by atoms with E-state index in [1.54, 1.807) is 27.2 Å². The summed E-state index contributed by atoms with van der Waals surface area (Å²) in [5.74, 6) is 1.88. The Balaban J connectivity index is 2.76. The van der Waals surface area contributed by atoms with Crippen LogP contribution in [0.5, 0.6) is 11.5 Å². The molecule has 0 spiro atoms. The lowest BCUT2D eigenvalue weighted by Gasteiger charge is -2.15. The van der Waals surface area contributed by atoms with E-state index in [1.807, 2.05) is 19.9 Å². The number of rotatable bonds is 4. The van der Waals surface area contributed by atoms with Gasteiger partial charge in [-0.05, 0) is 24.4 Å². The van der Waals surface area contributed by atoms with Gasteiger partial charge in [0, 0.05) is 6.07 Å². The topological polar surface area (TPSA) is 58.3 Å². The van der Waals surface area contributed by atoms with Gasteiger partial charge in [0.1, 0.15) is 5.69 Å². The van der Waals surface area contributed by atoms with E-state index >= 15 is 0 Å². The number of hydrogen-bond donors (Lipinski definition) is 0. The van der Waals surface area contributed by atoms with Crippen molar-refractivity contribution in [3.8, 4) is 11.5 Å². The van der Waals surface area contributed by atoms with Gasteiger partial charge >= 0.3 is 5.82 Å². The zero-order chi connectivity index (χ0) is 14.9. The van der Waals surface area contributed by atoms with Gasteiger partial charge in [0.2, 0.25) is 0 Å². The average molecular weight is 276 g/mol. The van der Waals surface area contributed by atoms with Gasteiger partial charge in [-0.15, -0.1) is 0 Å². The fraction of sp³-hybridized carbons (Fsp3) is 0.467. The first kappa shape index (κ1) is 14.4. The third kappa shape index (κ3) is 2.24. The highest BCUT2D eigenvalue weighted by molar-refractivity contribution is 5.83. The van der Waals surface area contributed by atoms with E-state index in [1.165, 1.54) is 0 Å². The van der Waals surface area contributed by atoms with Crippen LogP contribution in [-0.2, 0) is 0 Å². The summed E-state index contributed by atoms with van der Waals surface area (Å²) in [6.07, 6.45) is 0.869. The van der Waals surface area contributed by atoms with Crippen LogP contribution in [-0.4, -0.2) is 19.2 Å². The number of hydrogen-bond acceptors (Lipinski definition) is 4. The first-order valence-corrected chi connectivity index (χ1v) is 6.69. The van der Waals surface area contributed by atoms with Crippen molar-refractivity contribution in [3.05, 3.63) is 28.9 Å². The van der Waals surface area contributed by atoms with Crippen LogP contribution in [0.2, 0.25) is 0 Å². The lowest BCUT2D eigenvalue weighted by Crippen LogP contribution is -2.38. The Hall–Kier alpha value is -2.04. The molecular formula is C15H20N2O3. The maximum Gasteiger partial charge on any atom is 0.305 e. The van der Waals surface area contributed by atoms with Crippen molar-refractivity contribution in [3.63, 3.8) is 0 Å². The average Bonchev–Trinajstić information content (AvgIpc) is 2.48. The molecule has 5 heteroatoms. The van der Waals surface area contributed by atoms with Crippen LogP contribution < -0.4 is 14.2 Å². The third-order valence-electron chi connectivity index (χ3n) is 3.69. The highest BCUT2D eigenvalue weighted by Crippen LogP contribution is 2.32. The lowest BCUT2D eigenvalue weighted by atomic mass is 10.1. The highest BCUT2D eigenvalue weighted by atomic mass is 16.5. The minimum atomic E-state index is 0.115. The van der Waals surface area contributed by atoms with Crippen molar-refractivity contribution in [1.29, 1.82) is 0 Å². The summed E-state index contributed by atoms with van der Waals surface area (Å²) >= 11 is 0. The molecule has 1 aromatic carbocycles. The van der Waals surface area contributed by atoms with E-state index in [4.69, 9.17) is 9.47 Å². The van der Waals surface area contributed by atoms with Crippen molar-refractivity contribution < 1.29 is 14.2 Å². The van der Waals surface area contributed by atoms with Crippen molar-refractivity contribution >= 4 is 10.9 Å². The summed E-state index contributed by atoms with van der Waals surface area (Å²) in [4.78, 5) is 4.51. The van der Waals surface area contributed by atoms with E-state index in [0.717, 1.165) is 22.1 Å². The number of fused-ring (bicyclic) bond motifs is 1. The van der Waals surface area contributed by atoms with Gasteiger partial charge in [0.25, 0.3) is 0 Å². The minimum absolute atomic E-state index is 0.115. The summed E-state index contributed by atoms with van der Waals surface area (Å²) in [5.41, 5.74) is 1.38. The third-order valence-corrected chi connectivity index (χ3v) is 3.69. The Morgan fingerprint density at radius 3 is 2.40 bits per heavy atom. The Kier molecular flexibility index (Phi) is 3.97. The van der Waals surface area contributed by atoms with Gasteiger partial charge in [-0.25, -0.2) is 4.73 Å². The largest absolute Gasteiger partial charge is 0.711 e. The van der Waals surface area contributed by atoms with Crippen LogP contribution in [0.25, 0.3) is 10.9 Å². The van der Waals surface area contributed by atoms with E-state index in [0.29, 0.717) is 23.0 Å². The number of ether oxygens (including phenoxy) is 2. The summed E-state index contributed by atoms with van der Waals surface area (Å²) < 4.78 is 11.5. The molecule has 108 valence electrons. The van der Waals surface area contributed by atoms with Gasteiger partial charge < -0.3 is 14.7 Å². The Morgan fingerprint density at radius 1 is 1.25 bits per heavy atom. The molecule has 1 aromatic heterocycles. The minimum Gasteiger partial charge on any atom is -0.711 e. The molecule has 0 fully saturated rings. The fourth-order valence-electron chi connectivity index (χ4n) is 2.19. The first-order valence-electron chi connectivity index (χ1n) is 6.69. The van der Waals surface area contributed by atoms with Crippen molar-refractivity contribution in [1.82, 2.24) is 4.98 Å². The van der Waals surface area contributed by atoms with Crippen molar-refractivity contribution in [2.45, 2.75) is 33.1 Å². The maximum atomic E-state index is 12.3. The molecule has 1 atom stereocenters. The molecule has 0 radical (unpaired) electrons. The second-order valence-electron chi connectivity index (χ2n) is 4.88. The Morgan fingerprint density at radius 2 is 1.85 bits per heavy atom. The van der Waals surface area contributed by atoms with Crippen LogP contribution in [0.4, 0.5) is 0 Å². The van der Waals surface area contributed by atoms with Crippen LogP contribution in [0.1, 0.15) is 37.7 Å². The van der Waals surface area contributed by atoms with E-state index < -0.39 is 0 Å². The van der Waals surface area contributed by atoms with Crippen LogP contribution >= 0.6 is 0 Å². The molecule has 2 rings (SSSR count). The SMILES string of the molecule is CCC(C)c1nc2cc(OC)c(OC)cc2c(C)[n+]1[O-]. The molecule has 1 unspecified atom stereocenters. The molecule has 0 aliphatic carbocycles. The van der Waals surface area contributed by atoms with E-state index in [2.05, 4.69) is 4.98 Å². The molecule has 5 nitrogen and oxygen atoms in total. The molecule has 0 bridgehead atoms. The molecular weight excluding hydrogens is 256 g/mol. The smallest absolute Gasteiger partial charge is 0.305 e. The van der Waals surface area contributed by atoms with Crippen LogP contribution in [0.3, 0.4) is 0 Å². The number of aromatic nitrogens is 2. The summed E-state index contributed by atoms with van der Waals surface area (Å²) in [5, 5.41) is 13.1. The molecule has 0 aliphatic heterocycles. The van der Waals surface area contributed by atoms with E-state index in [-0.39, 0.29) is 5.92 Å². The quantitative estimate of drug-likeness (QED) is 0.636. The zero-order valence-corrected chi connectivity index (χ0v) is 12.6. The van der Waals surface area contributed by atoms with Gasteiger partial charge in [-0.1, -0.05) is 13.8 Å². The van der Waals surface area contributed by atoms with E-state index in [9.17, 15) is 5.21 Å². The number of benzene rings is 1. The Bertz CT molecular complexity index is 641. The molecule has 0 aliphatic rings. The number of aryl methyl sites for hydroxylation is 1. The summed E-state index contributed by atoms with van der Waals surface area (Å²) in [7, 11) is 3.16. The van der Waals surface area contributed by atoms with Crippen molar-refractivity contribution in [2.75, 3.05) is 14.2 Å². The highest BCUT2D eigenvalue weighted by Gasteiger charge is 2.22. The fourth-order valence-corrected chi connectivity index (χ4v) is 2.19. The molecule has 0 amide bonds. The zero-order valence-electron chi connectivity index (χ0n) is 12.6. The predicted octanol–water partition coefficient (Wildman–Crippen LogP) is 2.71. The molecule has 1 heterocycles. The predicted molar refractivity (Wildman–Crippen MR) is 77.3 cm³/mol. The number of nitrogens with zero attached hydrogens (tertiary/aromatic N) is 2. The van der Waals surface area contributed by atoms with Crippen molar-refractivity contribution in [2.24, 2.45) is 0 Å². The van der Waals surface area contributed by atoms with Gasteiger partial charge in [0.15, 0.2) is 17.0 Å². The van der Waals surface area contributed by atoms with Crippen LogP contribution in [0, 0.1) is 12.1 Å². The van der Waals surface area contributed by atoms with Crippen LogP contribution in [0.15, 0.2) is 12.1 Å². The van der Waals surface area contributed by atoms with Gasteiger partial charge in [0.05, 0.1) is 25.5 Å². The number of methoxy groups -OCH3 is 2. The normalized spacial score (nSPS) is 12.4. The molecule has 0 saturated heterocycles. The summed E-state index contributed by atoms with van der Waals surface area (Å²) in [6.45, 7) is 5.85. The van der Waals surface area contributed by atoms with Gasteiger partial charge in [-0.2, -0.15) is 0 Å². The standard InChI is InChI=1S/C15H20N2O3/c1-6-9(2)15-16-12-8-14(20-5)13(19-4)7-11(12)10(3)17(15)18/h7-9H,6H2,1-5H3. The molecule has 2 aromatic rings.